The van der Waals surface area contributed by atoms with Crippen molar-refractivity contribution >= 4 is 11.9 Å². The maximum Gasteiger partial charge on any atom is 0.419 e. The molecule has 0 atom stereocenters. The third-order valence-electron chi connectivity index (χ3n) is 2.02. The van der Waals surface area contributed by atoms with E-state index < -0.39 is 23.5 Å². The molecule has 0 spiro atoms. The predicted octanol–water partition coefficient (Wildman–Crippen LogP) is 1.52. The first-order valence-electron chi connectivity index (χ1n) is 4.66. The van der Waals surface area contributed by atoms with Gasteiger partial charge < -0.3 is 5.73 Å². The van der Waals surface area contributed by atoms with E-state index in [1.165, 1.54) is 7.05 Å². The van der Waals surface area contributed by atoms with Crippen molar-refractivity contribution in [3.63, 3.8) is 0 Å². The average molecular weight is 263 g/mol. The number of alkyl halides is 3. The lowest BCUT2D eigenvalue weighted by molar-refractivity contribution is -0.140. The van der Waals surface area contributed by atoms with Crippen LogP contribution in [0.5, 0.6) is 0 Å². The van der Waals surface area contributed by atoms with E-state index in [1.54, 1.807) is 0 Å². The minimum absolute atomic E-state index is 0.252. The van der Waals surface area contributed by atoms with Crippen LogP contribution in [0, 0.1) is 5.82 Å². The fourth-order valence-corrected chi connectivity index (χ4v) is 1.13. The zero-order valence-electron chi connectivity index (χ0n) is 9.18. The number of carbonyl (C=O) groups excluding carboxylic acids is 1. The van der Waals surface area contributed by atoms with Crippen molar-refractivity contribution < 1.29 is 22.4 Å². The predicted molar refractivity (Wildman–Crippen MR) is 56.4 cm³/mol. The molecule has 0 bridgehead atoms. The first kappa shape index (κ1) is 13.9. The van der Waals surface area contributed by atoms with E-state index in [9.17, 15) is 22.4 Å². The minimum Gasteiger partial charge on any atom is -0.370 e. The molecule has 0 saturated carbocycles. The number of amides is 1. The summed E-state index contributed by atoms with van der Waals surface area (Å²) in [6, 6.07) is 1.90. The van der Waals surface area contributed by atoms with Crippen molar-refractivity contribution in [3.05, 3.63) is 35.1 Å². The molecule has 0 saturated heterocycles. The van der Waals surface area contributed by atoms with Gasteiger partial charge in [-0.1, -0.05) is 0 Å². The standard InChI is InChI=1S/C10H9F4N3O/c1-16-9(15)17-8(18)5-2-3-7(11)6(4-5)10(12,13)14/h2-4H,1H3,(H3,15,16,17,18). The number of carbonyl (C=O) groups is 1. The van der Waals surface area contributed by atoms with Gasteiger partial charge in [-0.3, -0.25) is 15.1 Å². The van der Waals surface area contributed by atoms with Crippen LogP contribution in [-0.4, -0.2) is 18.9 Å². The van der Waals surface area contributed by atoms with E-state index in [2.05, 4.69) is 4.99 Å². The molecule has 1 amide bonds. The fraction of sp³-hybridized carbons (Fsp3) is 0.200. The lowest BCUT2D eigenvalue weighted by Gasteiger charge is -2.10. The lowest BCUT2D eigenvalue weighted by atomic mass is 10.1. The highest BCUT2D eigenvalue weighted by Gasteiger charge is 2.34. The van der Waals surface area contributed by atoms with Crippen molar-refractivity contribution in [2.75, 3.05) is 7.05 Å². The van der Waals surface area contributed by atoms with Crippen LogP contribution in [0.3, 0.4) is 0 Å². The molecule has 0 aliphatic rings. The molecule has 1 aromatic carbocycles. The molecule has 8 heteroatoms. The Morgan fingerprint density at radius 2 is 2.00 bits per heavy atom. The molecule has 0 aliphatic heterocycles. The second kappa shape index (κ2) is 5.03. The van der Waals surface area contributed by atoms with Gasteiger partial charge in [0.1, 0.15) is 5.82 Å². The van der Waals surface area contributed by atoms with Crippen molar-refractivity contribution in [2.45, 2.75) is 6.18 Å². The van der Waals surface area contributed by atoms with Crippen LogP contribution in [0.15, 0.2) is 23.2 Å². The SMILES string of the molecule is CN=C(N)NC(=O)c1ccc(F)c(C(F)(F)F)c1. The Morgan fingerprint density at radius 3 is 2.50 bits per heavy atom. The van der Waals surface area contributed by atoms with Gasteiger partial charge in [-0.2, -0.15) is 13.2 Å². The number of rotatable bonds is 1. The van der Waals surface area contributed by atoms with E-state index in [4.69, 9.17) is 5.73 Å². The molecule has 0 aliphatic carbocycles. The number of nitrogens with two attached hydrogens (primary N) is 1. The van der Waals surface area contributed by atoms with Gasteiger partial charge in [0, 0.05) is 12.6 Å². The van der Waals surface area contributed by atoms with E-state index in [0.29, 0.717) is 12.1 Å². The number of halogens is 4. The summed E-state index contributed by atoms with van der Waals surface area (Å²) in [6.45, 7) is 0. The lowest BCUT2D eigenvalue weighted by Crippen LogP contribution is -2.36. The van der Waals surface area contributed by atoms with Gasteiger partial charge in [0.05, 0.1) is 5.56 Å². The Labute approximate surface area is 99.5 Å². The first-order chi connectivity index (χ1) is 8.25. The second-order valence-electron chi connectivity index (χ2n) is 3.26. The fourth-order valence-electron chi connectivity index (χ4n) is 1.13. The molecule has 4 nitrogen and oxygen atoms in total. The smallest absolute Gasteiger partial charge is 0.370 e. The minimum atomic E-state index is -4.87. The van der Waals surface area contributed by atoms with Crippen LogP contribution in [0.25, 0.3) is 0 Å². The van der Waals surface area contributed by atoms with E-state index >= 15 is 0 Å². The molecular weight excluding hydrogens is 254 g/mol. The second-order valence-corrected chi connectivity index (χ2v) is 3.26. The molecule has 98 valence electrons. The summed E-state index contributed by atoms with van der Waals surface area (Å²) in [5.41, 5.74) is 3.31. The monoisotopic (exact) mass is 263 g/mol. The molecule has 0 heterocycles. The van der Waals surface area contributed by atoms with Gasteiger partial charge in [0.15, 0.2) is 5.96 Å². The van der Waals surface area contributed by atoms with E-state index in [1.807, 2.05) is 5.32 Å². The maximum atomic E-state index is 13.0. The Hall–Kier alpha value is -2.12. The van der Waals surface area contributed by atoms with Crippen LogP contribution in [0.4, 0.5) is 17.6 Å². The summed E-state index contributed by atoms with van der Waals surface area (Å²) in [5, 5.41) is 2.04. The van der Waals surface area contributed by atoms with Gasteiger partial charge in [0.25, 0.3) is 5.91 Å². The van der Waals surface area contributed by atoms with E-state index in [0.717, 1.165) is 6.07 Å². The van der Waals surface area contributed by atoms with Gasteiger partial charge in [-0.25, -0.2) is 4.39 Å². The number of nitrogens with one attached hydrogen (secondary N) is 1. The van der Waals surface area contributed by atoms with Crippen molar-refractivity contribution in [1.82, 2.24) is 5.32 Å². The zero-order chi connectivity index (χ0) is 13.9. The van der Waals surface area contributed by atoms with Gasteiger partial charge in [0.2, 0.25) is 0 Å². The van der Waals surface area contributed by atoms with Gasteiger partial charge in [-0.15, -0.1) is 0 Å². The molecule has 1 rings (SSSR count). The summed E-state index contributed by atoms with van der Waals surface area (Å²) in [7, 11) is 1.29. The quantitative estimate of drug-likeness (QED) is 0.458. The molecule has 0 radical (unpaired) electrons. The van der Waals surface area contributed by atoms with Crippen molar-refractivity contribution in [2.24, 2.45) is 10.7 Å². The summed E-state index contributed by atoms with van der Waals surface area (Å²) in [6.07, 6.45) is -4.87. The molecule has 0 aromatic heterocycles. The molecule has 0 unspecified atom stereocenters. The van der Waals surface area contributed by atoms with Crippen LogP contribution in [0.1, 0.15) is 15.9 Å². The number of benzene rings is 1. The Kier molecular flexibility index (Phi) is 3.89. The normalized spacial score (nSPS) is 12.4. The third-order valence-corrected chi connectivity index (χ3v) is 2.02. The topological polar surface area (TPSA) is 67.5 Å². The van der Waals surface area contributed by atoms with Crippen LogP contribution in [0.2, 0.25) is 0 Å². The van der Waals surface area contributed by atoms with Crippen LogP contribution < -0.4 is 11.1 Å². The first-order valence-corrected chi connectivity index (χ1v) is 4.66. The number of guanidine groups is 1. The van der Waals surface area contributed by atoms with Crippen LogP contribution in [-0.2, 0) is 6.18 Å². The molecule has 1 aromatic rings. The van der Waals surface area contributed by atoms with Gasteiger partial charge >= 0.3 is 6.18 Å². The maximum absolute atomic E-state index is 13.0. The highest BCUT2D eigenvalue weighted by molar-refractivity contribution is 6.05. The Balaban J connectivity index is 3.09. The average Bonchev–Trinajstić information content (AvgIpc) is 2.27. The Morgan fingerprint density at radius 1 is 1.39 bits per heavy atom. The summed E-state index contributed by atoms with van der Waals surface area (Å²) < 4.78 is 50.2. The summed E-state index contributed by atoms with van der Waals surface area (Å²) in [4.78, 5) is 14.9. The highest BCUT2D eigenvalue weighted by Crippen LogP contribution is 2.31. The summed E-state index contributed by atoms with van der Waals surface area (Å²) >= 11 is 0. The molecular formula is C10H9F4N3O. The molecule has 18 heavy (non-hydrogen) atoms. The van der Waals surface area contributed by atoms with E-state index in [-0.39, 0.29) is 11.5 Å². The molecule has 0 fully saturated rings. The Bertz CT molecular complexity index is 496. The molecule has 3 N–H and O–H groups in total. The zero-order valence-corrected chi connectivity index (χ0v) is 9.18. The number of hydrogen-bond donors (Lipinski definition) is 2. The van der Waals surface area contributed by atoms with Crippen molar-refractivity contribution in [3.8, 4) is 0 Å². The highest BCUT2D eigenvalue weighted by atomic mass is 19.4. The summed E-state index contributed by atoms with van der Waals surface area (Å²) in [5.74, 6) is -2.60. The third kappa shape index (κ3) is 3.19. The van der Waals surface area contributed by atoms with Gasteiger partial charge in [-0.05, 0) is 18.2 Å². The van der Waals surface area contributed by atoms with Crippen LogP contribution >= 0.6 is 0 Å². The number of aliphatic imine (C=N–C) groups is 1. The number of hydrogen-bond acceptors (Lipinski definition) is 2. The number of nitrogens with zero attached hydrogens (tertiary/aromatic N) is 1. The van der Waals surface area contributed by atoms with Crippen molar-refractivity contribution in [1.29, 1.82) is 0 Å². The largest absolute Gasteiger partial charge is 0.419 e.